The quantitative estimate of drug-likeness (QED) is 0.489. The lowest BCUT2D eigenvalue weighted by atomic mass is 10.0. The summed E-state index contributed by atoms with van der Waals surface area (Å²) in [4.78, 5) is 22.6. The van der Waals surface area contributed by atoms with Crippen LogP contribution in [0, 0.1) is 10.1 Å². The number of carbonyl (C=O) groups excluding carboxylic acids is 1. The summed E-state index contributed by atoms with van der Waals surface area (Å²) in [7, 11) is 0. The zero-order valence-corrected chi connectivity index (χ0v) is 11.5. The van der Waals surface area contributed by atoms with Crippen molar-refractivity contribution in [3.05, 3.63) is 74.2 Å². The molecule has 19 heavy (non-hydrogen) atoms. The maximum atomic E-state index is 12.2. The molecule has 0 atom stereocenters. The van der Waals surface area contributed by atoms with Gasteiger partial charge >= 0.3 is 0 Å². The number of benzene rings is 2. The van der Waals surface area contributed by atoms with E-state index in [1.807, 2.05) is 6.07 Å². The number of rotatable bonds is 4. The highest BCUT2D eigenvalue weighted by Crippen LogP contribution is 2.22. The molecule has 0 aliphatic heterocycles. The molecule has 0 N–H and O–H groups in total. The van der Waals surface area contributed by atoms with Gasteiger partial charge in [-0.2, -0.15) is 0 Å². The molecule has 0 aromatic heterocycles. The number of nitro groups is 1. The molecule has 5 heteroatoms. The minimum absolute atomic E-state index is 0.0137. The van der Waals surface area contributed by atoms with E-state index < -0.39 is 4.92 Å². The normalized spacial score (nSPS) is 10.2. The molecule has 96 valence electrons. The monoisotopic (exact) mass is 319 g/mol. The summed E-state index contributed by atoms with van der Waals surface area (Å²) in [6.07, 6.45) is 0.0137. The van der Waals surface area contributed by atoms with Crippen LogP contribution in [0.15, 0.2) is 53.0 Å². The molecule has 0 saturated heterocycles. The van der Waals surface area contributed by atoms with Gasteiger partial charge in [-0.3, -0.25) is 14.9 Å². The lowest BCUT2D eigenvalue weighted by molar-refractivity contribution is -0.385. The smallest absolute Gasteiger partial charge is 0.273 e. The van der Waals surface area contributed by atoms with E-state index in [1.54, 1.807) is 36.4 Å². The highest BCUT2D eigenvalue weighted by Gasteiger charge is 2.17. The fraction of sp³-hybridized carbons (Fsp3) is 0.0714. The predicted molar refractivity (Wildman–Crippen MR) is 75.3 cm³/mol. The molecule has 0 unspecified atom stereocenters. The number of ketones is 1. The Morgan fingerprint density at radius 1 is 1.11 bits per heavy atom. The van der Waals surface area contributed by atoms with Crippen LogP contribution in [0.5, 0.6) is 0 Å². The van der Waals surface area contributed by atoms with Gasteiger partial charge in [-0.05, 0) is 6.07 Å². The molecule has 0 aliphatic rings. The molecule has 0 radical (unpaired) electrons. The zero-order chi connectivity index (χ0) is 13.8. The van der Waals surface area contributed by atoms with E-state index >= 15 is 0 Å². The van der Waals surface area contributed by atoms with Crippen molar-refractivity contribution >= 4 is 27.4 Å². The Labute approximate surface area is 118 Å². The molecule has 0 heterocycles. The first kappa shape index (κ1) is 13.4. The molecule has 0 bridgehead atoms. The van der Waals surface area contributed by atoms with Gasteiger partial charge in [0.15, 0.2) is 5.78 Å². The second kappa shape index (κ2) is 5.75. The Hall–Kier alpha value is -2.01. The van der Waals surface area contributed by atoms with Crippen LogP contribution in [0.4, 0.5) is 5.69 Å². The van der Waals surface area contributed by atoms with Crippen LogP contribution in [0.3, 0.4) is 0 Å². The number of hydrogen-bond donors (Lipinski definition) is 0. The van der Waals surface area contributed by atoms with Crippen LogP contribution in [-0.4, -0.2) is 10.7 Å². The van der Waals surface area contributed by atoms with Gasteiger partial charge in [-0.25, -0.2) is 0 Å². The van der Waals surface area contributed by atoms with Crippen molar-refractivity contribution < 1.29 is 9.72 Å². The third kappa shape index (κ3) is 3.06. The predicted octanol–water partition coefficient (Wildman–Crippen LogP) is 3.78. The first-order chi connectivity index (χ1) is 9.09. The molecule has 0 amide bonds. The van der Waals surface area contributed by atoms with Gasteiger partial charge in [0.05, 0.1) is 4.92 Å². The first-order valence-corrected chi connectivity index (χ1v) is 6.39. The Bertz CT molecular complexity index is 640. The van der Waals surface area contributed by atoms with Crippen LogP contribution in [0.25, 0.3) is 0 Å². The number of nitrogens with zero attached hydrogens (tertiary/aromatic N) is 1. The lowest BCUT2D eigenvalue weighted by Crippen LogP contribution is -2.06. The molecule has 4 nitrogen and oxygen atoms in total. The summed E-state index contributed by atoms with van der Waals surface area (Å²) in [5.41, 5.74) is 0.928. The van der Waals surface area contributed by atoms with Gasteiger partial charge in [0.2, 0.25) is 0 Å². The summed E-state index contributed by atoms with van der Waals surface area (Å²) < 4.78 is 0.693. The molecule has 2 rings (SSSR count). The topological polar surface area (TPSA) is 60.2 Å². The fourth-order valence-electron chi connectivity index (χ4n) is 1.79. The van der Waals surface area contributed by atoms with Crippen LogP contribution < -0.4 is 0 Å². The molecular weight excluding hydrogens is 310 g/mol. The van der Waals surface area contributed by atoms with Crippen molar-refractivity contribution in [1.82, 2.24) is 0 Å². The van der Waals surface area contributed by atoms with Gasteiger partial charge in [-0.1, -0.05) is 52.3 Å². The highest BCUT2D eigenvalue weighted by molar-refractivity contribution is 9.10. The van der Waals surface area contributed by atoms with E-state index in [1.165, 1.54) is 6.07 Å². The van der Waals surface area contributed by atoms with Gasteiger partial charge in [0.1, 0.15) is 0 Å². The molecular formula is C14H10BrNO3. The van der Waals surface area contributed by atoms with Crippen LogP contribution in [0.1, 0.15) is 15.9 Å². The number of para-hydroxylation sites is 1. The summed E-state index contributed by atoms with van der Waals surface area (Å²) in [5, 5.41) is 10.9. The molecule has 0 spiro atoms. The standard InChI is InChI=1S/C14H10BrNO3/c15-12-7-3-2-6-11(12)14(17)9-10-5-1-4-8-13(10)16(18)19/h1-8H,9H2. The van der Waals surface area contributed by atoms with Crippen molar-refractivity contribution in [2.75, 3.05) is 0 Å². The van der Waals surface area contributed by atoms with Gasteiger partial charge in [-0.15, -0.1) is 0 Å². The van der Waals surface area contributed by atoms with Crippen molar-refractivity contribution in [1.29, 1.82) is 0 Å². The van der Waals surface area contributed by atoms with E-state index in [0.717, 1.165) is 0 Å². The van der Waals surface area contributed by atoms with Crippen molar-refractivity contribution in [2.45, 2.75) is 6.42 Å². The minimum atomic E-state index is -0.470. The highest BCUT2D eigenvalue weighted by atomic mass is 79.9. The molecule has 2 aromatic carbocycles. The Morgan fingerprint density at radius 2 is 1.74 bits per heavy atom. The van der Waals surface area contributed by atoms with E-state index in [-0.39, 0.29) is 17.9 Å². The minimum Gasteiger partial charge on any atom is -0.294 e. The van der Waals surface area contributed by atoms with Crippen molar-refractivity contribution in [3.8, 4) is 0 Å². The van der Waals surface area contributed by atoms with E-state index in [9.17, 15) is 14.9 Å². The number of halogens is 1. The second-order valence-corrected chi connectivity index (χ2v) is 4.82. The third-order valence-corrected chi connectivity index (χ3v) is 3.41. The van der Waals surface area contributed by atoms with Crippen LogP contribution in [-0.2, 0) is 6.42 Å². The largest absolute Gasteiger partial charge is 0.294 e. The zero-order valence-electron chi connectivity index (χ0n) is 9.88. The van der Waals surface area contributed by atoms with E-state index in [4.69, 9.17) is 0 Å². The first-order valence-electron chi connectivity index (χ1n) is 5.59. The summed E-state index contributed by atoms with van der Waals surface area (Å²) >= 11 is 3.30. The Balaban J connectivity index is 2.30. The summed E-state index contributed by atoms with van der Waals surface area (Å²) in [5.74, 6) is -0.151. The van der Waals surface area contributed by atoms with Crippen molar-refractivity contribution in [3.63, 3.8) is 0 Å². The average Bonchev–Trinajstić information content (AvgIpc) is 2.39. The SMILES string of the molecule is O=C(Cc1ccccc1[N+](=O)[O-])c1ccccc1Br. The van der Waals surface area contributed by atoms with Gasteiger partial charge in [0, 0.05) is 28.1 Å². The molecule has 0 aliphatic carbocycles. The second-order valence-electron chi connectivity index (χ2n) is 3.97. The van der Waals surface area contributed by atoms with E-state index in [2.05, 4.69) is 15.9 Å². The van der Waals surface area contributed by atoms with Gasteiger partial charge < -0.3 is 0 Å². The average molecular weight is 320 g/mol. The van der Waals surface area contributed by atoms with Crippen LogP contribution >= 0.6 is 15.9 Å². The summed E-state index contributed by atoms with van der Waals surface area (Å²) in [6, 6.07) is 13.3. The Morgan fingerprint density at radius 3 is 2.42 bits per heavy atom. The molecule has 2 aromatic rings. The lowest BCUT2D eigenvalue weighted by Gasteiger charge is -2.04. The number of nitro benzene ring substituents is 1. The molecule has 0 fully saturated rings. The Kier molecular flexibility index (Phi) is 4.06. The number of hydrogen-bond acceptors (Lipinski definition) is 3. The van der Waals surface area contributed by atoms with Gasteiger partial charge in [0.25, 0.3) is 5.69 Å². The van der Waals surface area contributed by atoms with Crippen LogP contribution in [0.2, 0.25) is 0 Å². The fourth-order valence-corrected chi connectivity index (χ4v) is 2.30. The third-order valence-electron chi connectivity index (χ3n) is 2.71. The maximum absolute atomic E-state index is 12.2. The maximum Gasteiger partial charge on any atom is 0.273 e. The molecule has 0 saturated carbocycles. The van der Waals surface area contributed by atoms with Crippen molar-refractivity contribution in [2.24, 2.45) is 0 Å². The summed E-state index contributed by atoms with van der Waals surface area (Å²) in [6.45, 7) is 0. The number of carbonyl (C=O) groups is 1. The number of Topliss-reactive ketones (excluding diaryl/α,β-unsaturated/α-hetero) is 1. The van der Waals surface area contributed by atoms with E-state index in [0.29, 0.717) is 15.6 Å².